The van der Waals surface area contributed by atoms with Gasteiger partial charge in [-0.1, -0.05) is 35.9 Å². The van der Waals surface area contributed by atoms with E-state index in [1.807, 2.05) is 18.2 Å². The second kappa shape index (κ2) is 8.35. The van der Waals surface area contributed by atoms with E-state index in [-0.39, 0.29) is 11.7 Å². The Bertz CT molecular complexity index is 1230. The molecule has 0 saturated heterocycles. The maximum Gasteiger partial charge on any atom is 0.256 e. The summed E-state index contributed by atoms with van der Waals surface area (Å²) in [5, 5.41) is 3.47. The summed E-state index contributed by atoms with van der Waals surface area (Å²) in [6.45, 7) is 1.48. The number of ketones is 1. The van der Waals surface area contributed by atoms with E-state index in [0.717, 1.165) is 5.56 Å². The molecule has 1 N–H and O–H groups in total. The fourth-order valence-corrected chi connectivity index (χ4v) is 3.15. The van der Waals surface area contributed by atoms with Crippen LogP contribution < -0.4 is 5.32 Å². The summed E-state index contributed by atoms with van der Waals surface area (Å²) in [4.78, 5) is 28.9. The Kier molecular flexibility index (Phi) is 5.46. The van der Waals surface area contributed by atoms with Gasteiger partial charge in [0.05, 0.1) is 11.8 Å². The van der Waals surface area contributed by atoms with Crippen LogP contribution in [0.25, 0.3) is 22.8 Å². The molecule has 148 valence electrons. The molecule has 1 aromatic heterocycles. The van der Waals surface area contributed by atoms with E-state index in [1.54, 1.807) is 60.8 Å². The van der Waals surface area contributed by atoms with Crippen LogP contribution in [-0.2, 0) is 0 Å². The van der Waals surface area contributed by atoms with Crippen molar-refractivity contribution < 1.29 is 14.0 Å². The predicted octanol–water partition coefficient (Wildman–Crippen LogP) is 6.12. The Morgan fingerprint density at radius 3 is 2.50 bits per heavy atom. The first-order valence-electron chi connectivity index (χ1n) is 9.25. The smallest absolute Gasteiger partial charge is 0.256 e. The van der Waals surface area contributed by atoms with Gasteiger partial charge in [0.15, 0.2) is 11.5 Å². The molecule has 0 fully saturated rings. The van der Waals surface area contributed by atoms with Crippen molar-refractivity contribution in [3.8, 4) is 22.8 Å². The number of nitrogens with zero attached hydrogens (tertiary/aromatic N) is 1. The zero-order chi connectivity index (χ0) is 21.1. The first-order chi connectivity index (χ1) is 14.5. The molecule has 0 radical (unpaired) electrons. The molecule has 5 nitrogen and oxygen atoms in total. The number of halogens is 1. The molecule has 0 saturated carbocycles. The number of carbonyl (C=O) groups excluding carboxylic acids is 2. The zero-order valence-corrected chi connectivity index (χ0v) is 16.8. The van der Waals surface area contributed by atoms with Gasteiger partial charge in [0, 0.05) is 27.4 Å². The minimum absolute atomic E-state index is 0.0685. The number of Topliss-reactive ketones (excluding diaryl/α,β-unsaturated/α-hetero) is 1. The lowest BCUT2D eigenvalue weighted by atomic mass is 10.1. The van der Waals surface area contributed by atoms with E-state index in [9.17, 15) is 9.59 Å². The second-order valence-corrected chi connectivity index (χ2v) is 7.11. The molecule has 0 bridgehead atoms. The van der Waals surface area contributed by atoms with Gasteiger partial charge in [-0.05, 0) is 55.5 Å². The normalized spacial score (nSPS) is 10.6. The van der Waals surface area contributed by atoms with Gasteiger partial charge in [0.2, 0.25) is 5.89 Å². The lowest BCUT2D eigenvalue weighted by Crippen LogP contribution is -2.13. The Morgan fingerprint density at radius 2 is 1.73 bits per heavy atom. The van der Waals surface area contributed by atoms with Gasteiger partial charge < -0.3 is 9.73 Å². The number of nitrogens with one attached hydrogen (secondary N) is 1. The number of oxazole rings is 1. The number of benzene rings is 3. The molecular formula is C24H17ClN2O3. The summed E-state index contributed by atoms with van der Waals surface area (Å²) in [6, 6.07) is 21.1. The highest BCUT2D eigenvalue weighted by molar-refractivity contribution is 6.30. The highest BCUT2D eigenvalue weighted by atomic mass is 35.5. The SMILES string of the molecule is CC(=O)c1cccc(NC(=O)c2ccccc2-c2ncc(-c3ccc(Cl)cc3)o2)c1. The number of amides is 1. The Morgan fingerprint density at radius 1 is 0.967 bits per heavy atom. The molecule has 1 amide bonds. The van der Waals surface area contributed by atoms with E-state index in [0.29, 0.717) is 39.1 Å². The molecule has 0 aliphatic heterocycles. The van der Waals surface area contributed by atoms with Gasteiger partial charge in [-0.2, -0.15) is 0 Å². The van der Waals surface area contributed by atoms with Crippen molar-refractivity contribution in [3.63, 3.8) is 0 Å². The molecule has 0 atom stereocenters. The Labute approximate surface area is 178 Å². The lowest BCUT2D eigenvalue weighted by Gasteiger charge is -2.09. The standard InChI is InChI=1S/C24H17ClN2O3/c1-15(28)17-5-4-6-19(13-17)27-23(29)20-7-2-3-8-21(20)24-26-14-22(30-24)16-9-11-18(25)12-10-16/h2-14H,1H3,(H,27,29). The third-order valence-corrected chi connectivity index (χ3v) is 4.82. The van der Waals surface area contributed by atoms with Crippen molar-refractivity contribution in [3.05, 3.63) is 95.1 Å². The third kappa shape index (κ3) is 4.16. The summed E-state index contributed by atoms with van der Waals surface area (Å²) >= 11 is 5.94. The zero-order valence-electron chi connectivity index (χ0n) is 16.1. The first-order valence-corrected chi connectivity index (χ1v) is 9.62. The van der Waals surface area contributed by atoms with Crippen molar-refractivity contribution in [1.82, 2.24) is 4.98 Å². The number of hydrogen-bond acceptors (Lipinski definition) is 4. The van der Waals surface area contributed by atoms with Crippen LogP contribution in [-0.4, -0.2) is 16.7 Å². The second-order valence-electron chi connectivity index (χ2n) is 6.67. The van der Waals surface area contributed by atoms with Crippen LogP contribution in [0.5, 0.6) is 0 Å². The molecule has 1 heterocycles. The maximum absolute atomic E-state index is 12.9. The largest absolute Gasteiger partial charge is 0.436 e. The van der Waals surface area contributed by atoms with E-state index >= 15 is 0 Å². The van der Waals surface area contributed by atoms with Gasteiger partial charge >= 0.3 is 0 Å². The van der Waals surface area contributed by atoms with Crippen LogP contribution in [0.4, 0.5) is 5.69 Å². The van der Waals surface area contributed by atoms with E-state index < -0.39 is 0 Å². The van der Waals surface area contributed by atoms with E-state index in [4.69, 9.17) is 16.0 Å². The molecular weight excluding hydrogens is 400 g/mol. The molecule has 3 aromatic carbocycles. The number of aromatic nitrogens is 1. The molecule has 4 rings (SSSR count). The minimum atomic E-state index is -0.322. The molecule has 4 aromatic rings. The van der Waals surface area contributed by atoms with Crippen LogP contribution in [0.15, 0.2) is 83.4 Å². The molecule has 30 heavy (non-hydrogen) atoms. The highest BCUT2D eigenvalue weighted by Crippen LogP contribution is 2.29. The van der Waals surface area contributed by atoms with Crippen LogP contribution in [0.3, 0.4) is 0 Å². The topological polar surface area (TPSA) is 72.2 Å². The van der Waals surface area contributed by atoms with Crippen LogP contribution in [0, 0.1) is 0 Å². The number of hydrogen-bond donors (Lipinski definition) is 1. The Hall–Kier alpha value is -3.70. The van der Waals surface area contributed by atoms with Gasteiger partial charge in [-0.25, -0.2) is 4.98 Å². The van der Waals surface area contributed by atoms with Gasteiger partial charge in [0.25, 0.3) is 5.91 Å². The third-order valence-electron chi connectivity index (χ3n) is 4.56. The number of carbonyl (C=O) groups is 2. The Balaban J connectivity index is 1.63. The van der Waals surface area contributed by atoms with Crippen molar-refractivity contribution in [1.29, 1.82) is 0 Å². The van der Waals surface area contributed by atoms with Crippen molar-refractivity contribution in [2.45, 2.75) is 6.92 Å². The predicted molar refractivity (Wildman–Crippen MR) is 117 cm³/mol. The first kappa shape index (κ1) is 19.6. The molecule has 6 heteroatoms. The average molecular weight is 417 g/mol. The van der Waals surface area contributed by atoms with E-state index in [1.165, 1.54) is 6.92 Å². The van der Waals surface area contributed by atoms with Crippen LogP contribution in [0.1, 0.15) is 27.6 Å². The van der Waals surface area contributed by atoms with Gasteiger partial charge in [-0.15, -0.1) is 0 Å². The number of anilines is 1. The molecule has 0 aliphatic rings. The lowest BCUT2D eigenvalue weighted by molar-refractivity contribution is 0.101. The van der Waals surface area contributed by atoms with Crippen LogP contribution in [0.2, 0.25) is 5.02 Å². The van der Waals surface area contributed by atoms with Crippen LogP contribution >= 0.6 is 11.6 Å². The number of rotatable bonds is 5. The van der Waals surface area contributed by atoms with Crippen molar-refractivity contribution in [2.75, 3.05) is 5.32 Å². The summed E-state index contributed by atoms with van der Waals surface area (Å²) in [7, 11) is 0. The monoisotopic (exact) mass is 416 g/mol. The van der Waals surface area contributed by atoms with E-state index in [2.05, 4.69) is 10.3 Å². The summed E-state index contributed by atoms with van der Waals surface area (Å²) < 4.78 is 5.91. The van der Waals surface area contributed by atoms with Gasteiger partial charge in [-0.3, -0.25) is 9.59 Å². The maximum atomic E-state index is 12.9. The van der Waals surface area contributed by atoms with Crippen molar-refractivity contribution >= 4 is 29.0 Å². The summed E-state index contributed by atoms with van der Waals surface area (Å²) in [5.74, 6) is 0.521. The minimum Gasteiger partial charge on any atom is -0.436 e. The fourth-order valence-electron chi connectivity index (χ4n) is 3.03. The molecule has 0 aliphatic carbocycles. The average Bonchev–Trinajstić information content (AvgIpc) is 3.24. The summed E-state index contributed by atoms with van der Waals surface area (Å²) in [5.41, 5.74) is 2.88. The highest BCUT2D eigenvalue weighted by Gasteiger charge is 2.17. The molecule has 0 spiro atoms. The summed E-state index contributed by atoms with van der Waals surface area (Å²) in [6.07, 6.45) is 1.61. The fraction of sp³-hybridized carbons (Fsp3) is 0.0417. The van der Waals surface area contributed by atoms with Gasteiger partial charge in [0.1, 0.15) is 0 Å². The quantitative estimate of drug-likeness (QED) is 0.398. The van der Waals surface area contributed by atoms with Crippen molar-refractivity contribution in [2.24, 2.45) is 0 Å². The molecule has 0 unspecified atom stereocenters.